The highest BCUT2D eigenvalue weighted by Crippen LogP contribution is 2.24. The third-order valence-corrected chi connectivity index (χ3v) is 4.38. The molecule has 0 saturated heterocycles. The number of nitrogens with zero attached hydrogens (tertiary/aromatic N) is 1. The number of nitrogens with two attached hydrogens (primary N) is 1. The van der Waals surface area contributed by atoms with Gasteiger partial charge in [0.15, 0.2) is 0 Å². The molecule has 112 valence electrons. The number of benzene rings is 1. The van der Waals surface area contributed by atoms with Gasteiger partial charge in [0.05, 0.1) is 7.11 Å². The number of nitrogens with one attached hydrogen (secondary N) is 1. The highest BCUT2D eigenvalue weighted by atomic mass is 32.2. The van der Waals surface area contributed by atoms with E-state index in [2.05, 4.69) is 9.71 Å². The van der Waals surface area contributed by atoms with E-state index in [0.717, 1.165) is 11.1 Å². The van der Waals surface area contributed by atoms with Crippen LogP contribution in [0.2, 0.25) is 0 Å². The number of rotatable bonds is 6. The minimum atomic E-state index is -3.67. The van der Waals surface area contributed by atoms with Gasteiger partial charge < -0.3 is 10.5 Å². The summed E-state index contributed by atoms with van der Waals surface area (Å²) in [5.41, 5.74) is 7.12. The Bertz CT molecular complexity index is 703. The molecular weight excluding hydrogens is 290 g/mol. The highest BCUT2D eigenvalue weighted by molar-refractivity contribution is 7.89. The lowest BCUT2D eigenvalue weighted by Gasteiger charge is -2.12. The normalized spacial score (nSPS) is 11.3. The molecule has 2 rings (SSSR count). The molecule has 0 radical (unpaired) electrons. The van der Waals surface area contributed by atoms with Gasteiger partial charge in [0, 0.05) is 25.5 Å². The van der Waals surface area contributed by atoms with Gasteiger partial charge in [0.1, 0.15) is 10.6 Å². The van der Waals surface area contributed by atoms with Gasteiger partial charge in [-0.25, -0.2) is 13.1 Å². The molecule has 0 aliphatic heterocycles. The fourth-order valence-corrected chi connectivity index (χ4v) is 2.99. The largest absolute Gasteiger partial charge is 0.495 e. The number of methoxy groups -OCH3 is 1. The van der Waals surface area contributed by atoms with E-state index in [1.54, 1.807) is 36.7 Å². The Labute approximate surface area is 124 Å². The smallest absolute Gasteiger partial charge is 0.244 e. The molecule has 1 aromatic heterocycles. The van der Waals surface area contributed by atoms with Gasteiger partial charge in [0.25, 0.3) is 0 Å². The van der Waals surface area contributed by atoms with Gasteiger partial charge >= 0.3 is 0 Å². The summed E-state index contributed by atoms with van der Waals surface area (Å²) in [6.45, 7) is 0.484. The number of hydrogen-bond donors (Lipinski definition) is 2. The Kier molecular flexibility index (Phi) is 4.89. The van der Waals surface area contributed by atoms with E-state index >= 15 is 0 Å². The number of aromatic nitrogens is 1. The minimum absolute atomic E-state index is 0.0890. The van der Waals surface area contributed by atoms with Crippen molar-refractivity contribution in [1.82, 2.24) is 9.71 Å². The molecule has 0 bridgehead atoms. The molecule has 0 amide bonds. The second-order valence-corrected chi connectivity index (χ2v) is 6.11. The van der Waals surface area contributed by atoms with Crippen LogP contribution in [0.3, 0.4) is 0 Å². The summed E-state index contributed by atoms with van der Waals surface area (Å²) < 4.78 is 32.3. The quantitative estimate of drug-likeness (QED) is 0.831. The van der Waals surface area contributed by atoms with Gasteiger partial charge in [-0.1, -0.05) is 12.1 Å². The predicted octanol–water partition coefficient (Wildman–Crippen LogP) is 1.03. The second kappa shape index (κ2) is 6.66. The van der Waals surface area contributed by atoms with Crippen molar-refractivity contribution in [1.29, 1.82) is 0 Å². The van der Waals surface area contributed by atoms with Crippen LogP contribution in [0.5, 0.6) is 5.75 Å². The lowest BCUT2D eigenvalue weighted by atomic mass is 10.2. The molecule has 0 fully saturated rings. The molecule has 1 heterocycles. The van der Waals surface area contributed by atoms with Crippen LogP contribution in [0, 0.1) is 0 Å². The molecule has 2 aromatic rings. The third kappa shape index (κ3) is 3.78. The fourth-order valence-electron chi connectivity index (χ4n) is 1.82. The lowest BCUT2D eigenvalue weighted by molar-refractivity contribution is 0.401. The van der Waals surface area contributed by atoms with Crippen LogP contribution >= 0.6 is 0 Å². The van der Waals surface area contributed by atoms with E-state index in [1.807, 2.05) is 0 Å². The van der Waals surface area contributed by atoms with Crippen molar-refractivity contribution in [3.05, 3.63) is 53.9 Å². The molecule has 6 nitrogen and oxygen atoms in total. The van der Waals surface area contributed by atoms with Crippen molar-refractivity contribution in [3.63, 3.8) is 0 Å². The van der Waals surface area contributed by atoms with Gasteiger partial charge in [-0.05, 0) is 29.3 Å². The average Bonchev–Trinajstić information content (AvgIpc) is 2.53. The average molecular weight is 307 g/mol. The topological polar surface area (TPSA) is 94.3 Å². The SMILES string of the molecule is COc1cc(CN)ccc1S(=O)(=O)NCc1cccnc1. The summed E-state index contributed by atoms with van der Waals surface area (Å²) >= 11 is 0. The Morgan fingerprint density at radius 2 is 2.10 bits per heavy atom. The summed E-state index contributed by atoms with van der Waals surface area (Å²) in [5, 5.41) is 0. The molecule has 7 heteroatoms. The van der Waals surface area contributed by atoms with Crippen molar-refractivity contribution in [3.8, 4) is 5.75 Å². The van der Waals surface area contributed by atoms with E-state index in [-0.39, 0.29) is 17.2 Å². The standard InChI is InChI=1S/C14H17N3O3S/c1-20-13-7-11(8-15)4-5-14(13)21(18,19)17-10-12-3-2-6-16-9-12/h2-7,9,17H,8,10,15H2,1H3. The highest BCUT2D eigenvalue weighted by Gasteiger charge is 2.19. The van der Waals surface area contributed by atoms with E-state index < -0.39 is 10.0 Å². The van der Waals surface area contributed by atoms with Crippen LogP contribution < -0.4 is 15.2 Å². The molecule has 0 aliphatic rings. The minimum Gasteiger partial charge on any atom is -0.495 e. The first-order valence-corrected chi connectivity index (χ1v) is 7.80. The Morgan fingerprint density at radius 3 is 2.71 bits per heavy atom. The van der Waals surface area contributed by atoms with Crippen molar-refractivity contribution in [2.45, 2.75) is 18.0 Å². The zero-order valence-electron chi connectivity index (χ0n) is 11.6. The molecule has 0 unspecified atom stereocenters. The first kappa shape index (κ1) is 15.4. The molecule has 0 aliphatic carbocycles. The summed E-state index contributed by atoms with van der Waals surface area (Å²) in [7, 11) is -2.24. The molecule has 0 atom stereocenters. The van der Waals surface area contributed by atoms with Crippen molar-refractivity contribution < 1.29 is 13.2 Å². The Balaban J connectivity index is 2.23. The Morgan fingerprint density at radius 1 is 1.29 bits per heavy atom. The van der Waals surface area contributed by atoms with Gasteiger partial charge in [-0.15, -0.1) is 0 Å². The first-order valence-electron chi connectivity index (χ1n) is 6.32. The number of pyridine rings is 1. The molecular formula is C14H17N3O3S. The van der Waals surface area contributed by atoms with Crippen LogP contribution in [0.25, 0.3) is 0 Å². The zero-order chi connectivity index (χ0) is 15.3. The summed E-state index contributed by atoms with van der Waals surface area (Å²) in [5.74, 6) is 0.275. The summed E-state index contributed by atoms with van der Waals surface area (Å²) in [6.07, 6.45) is 3.24. The first-order chi connectivity index (χ1) is 10.1. The van der Waals surface area contributed by atoms with Crippen LogP contribution in [0.1, 0.15) is 11.1 Å². The lowest BCUT2D eigenvalue weighted by Crippen LogP contribution is -2.24. The fraction of sp³-hybridized carbons (Fsp3) is 0.214. The zero-order valence-corrected chi connectivity index (χ0v) is 12.4. The van der Waals surface area contributed by atoms with Crippen molar-refractivity contribution in [2.75, 3.05) is 7.11 Å². The van der Waals surface area contributed by atoms with E-state index in [9.17, 15) is 8.42 Å². The van der Waals surface area contributed by atoms with Crippen LogP contribution in [-0.4, -0.2) is 20.5 Å². The molecule has 0 spiro atoms. The van der Waals surface area contributed by atoms with Gasteiger partial charge in [-0.3, -0.25) is 4.98 Å². The van der Waals surface area contributed by atoms with Crippen molar-refractivity contribution >= 4 is 10.0 Å². The van der Waals surface area contributed by atoms with Crippen LogP contribution in [-0.2, 0) is 23.1 Å². The number of hydrogen-bond acceptors (Lipinski definition) is 5. The third-order valence-electron chi connectivity index (χ3n) is 2.94. The van der Waals surface area contributed by atoms with Crippen LogP contribution in [0.15, 0.2) is 47.6 Å². The second-order valence-electron chi connectivity index (χ2n) is 4.38. The van der Waals surface area contributed by atoms with E-state index in [1.165, 1.54) is 13.2 Å². The van der Waals surface area contributed by atoms with E-state index in [4.69, 9.17) is 10.5 Å². The molecule has 3 N–H and O–H groups in total. The summed E-state index contributed by atoms with van der Waals surface area (Å²) in [4.78, 5) is 4.03. The van der Waals surface area contributed by atoms with Crippen molar-refractivity contribution in [2.24, 2.45) is 5.73 Å². The van der Waals surface area contributed by atoms with E-state index in [0.29, 0.717) is 6.54 Å². The monoisotopic (exact) mass is 307 g/mol. The molecule has 0 saturated carbocycles. The maximum absolute atomic E-state index is 12.3. The van der Waals surface area contributed by atoms with Crippen LogP contribution in [0.4, 0.5) is 0 Å². The molecule has 1 aromatic carbocycles. The molecule has 21 heavy (non-hydrogen) atoms. The maximum Gasteiger partial charge on any atom is 0.244 e. The summed E-state index contributed by atoms with van der Waals surface area (Å²) in [6, 6.07) is 8.33. The number of ether oxygens (including phenoxy) is 1. The van der Waals surface area contributed by atoms with Gasteiger partial charge in [-0.2, -0.15) is 0 Å². The predicted molar refractivity (Wildman–Crippen MR) is 79.1 cm³/mol. The number of sulfonamides is 1. The van der Waals surface area contributed by atoms with Gasteiger partial charge in [0.2, 0.25) is 10.0 Å². The maximum atomic E-state index is 12.3. The Hall–Kier alpha value is -1.96.